The summed E-state index contributed by atoms with van der Waals surface area (Å²) in [5.74, 6) is 2.52. The highest BCUT2D eigenvalue weighted by Gasteiger charge is 2.73. The molecule has 4 saturated carbocycles. The van der Waals surface area contributed by atoms with Gasteiger partial charge in [0, 0.05) is 11.8 Å². The third kappa shape index (κ3) is 3.52. The number of fused-ring (bicyclic) bond motifs is 5. The van der Waals surface area contributed by atoms with Gasteiger partial charge >= 0.3 is 0 Å². The molecule has 4 nitrogen and oxygen atoms in total. The van der Waals surface area contributed by atoms with Crippen LogP contribution in [-0.4, -0.2) is 44.3 Å². The highest BCUT2D eigenvalue weighted by molar-refractivity contribution is 5.23. The van der Waals surface area contributed by atoms with Crippen LogP contribution < -0.4 is 0 Å². The Labute approximate surface area is 208 Å². The van der Waals surface area contributed by atoms with E-state index in [-0.39, 0.29) is 29.6 Å². The number of allylic oxidation sites excluding steroid dienone is 2. The maximum Gasteiger partial charge on any atom is 0.102 e. The highest BCUT2D eigenvalue weighted by Crippen LogP contribution is 2.70. The first-order chi connectivity index (χ1) is 15.7. The Morgan fingerprint density at radius 3 is 2.09 bits per heavy atom. The number of hydrogen-bond donors (Lipinski definition) is 4. The van der Waals surface area contributed by atoms with Gasteiger partial charge in [-0.25, -0.2) is 0 Å². The van der Waals surface area contributed by atoms with Crippen molar-refractivity contribution >= 4 is 0 Å². The Balaban J connectivity index is 1.66. The summed E-state index contributed by atoms with van der Waals surface area (Å²) in [6, 6.07) is 0. The number of rotatable bonds is 4. The molecule has 0 saturated heterocycles. The lowest BCUT2D eigenvalue weighted by Crippen LogP contribution is -2.75. The van der Waals surface area contributed by atoms with Gasteiger partial charge in [0.2, 0.25) is 0 Å². The first kappa shape index (κ1) is 26.6. The lowest BCUT2D eigenvalue weighted by molar-refractivity contribution is -0.316. The topological polar surface area (TPSA) is 80.9 Å². The molecule has 4 heteroatoms. The molecule has 0 aromatic heterocycles. The Morgan fingerprint density at radius 2 is 1.47 bits per heavy atom. The van der Waals surface area contributed by atoms with Gasteiger partial charge in [0.05, 0.1) is 18.3 Å². The lowest BCUT2D eigenvalue weighted by Gasteiger charge is -2.68. The van der Waals surface area contributed by atoms with Crippen molar-refractivity contribution in [3.05, 3.63) is 11.6 Å². The molecule has 3 unspecified atom stereocenters. The molecule has 4 N–H and O–H groups in total. The van der Waals surface area contributed by atoms with E-state index in [1.54, 1.807) is 0 Å². The van der Waals surface area contributed by atoms with Crippen molar-refractivity contribution in [2.75, 3.05) is 0 Å². The SMILES string of the molecule is C/C(=C\[C@@H](C)[C@H]1CCC2C3CCC4[C@H](C)[C@H](O)C[C@H](O)[C@]4(C)[C@@]3(O)[C@H](O)C[C@@]21C)[C@H](C)C(C)C. The number of aliphatic hydroxyl groups is 4. The van der Waals surface area contributed by atoms with Crippen molar-refractivity contribution in [2.45, 2.75) is 118 Å². The maximum absolute atomic E-state index is 12.5. The fraction of sp³-hybridized carbons (Fsp3) is 0.933. The summed E-state index contributed by atoms with van der Waals surface area (Å²) < 4.78 is 0. The van der Waals surface area contributed by atoms with E-state index in [0.29, 0.717) is 36.0 Å². The zero-order chi connectivity index (χ0) is 25.4. The fourth-order valence-corrected chi connectivity index (χ4v) is 9.87. The molecule has 4 rings (SSSR count). The predicted molar refractivity (Wildman–Crippen MR) is 137 cm³/mol. The summed E-state index contributed by atoms with van der Waals surface area (Å²) >= 11 is 0. The first-order valence-electron chi connectivity index (χ1n) is 14.2. The van der Waals surface area contributed by atoms with E-state index in [2.05, 4.69) is 54.5 Å². The number of hydrogen-bond acceptors (Lipinski definition) is 4. The average Bonchev–Trinajstić information content (AvgIpc) is 3.09. The Morgan fingerprint density at radius 1 is 0.882 bits per heavy atom. The second-order valence-corrected chi connectivity index (χ2v) is 13.9. The fourth-order valence-electron chi connectivity index (χ4n) is 9.87. The summed E-state index contributed by atoms with van der Waals surface area (Å²) in [7, 11) is 0. The van der Waals surface area contributed by atoms with Crippen molar-refractivity contribution < 1.29 is 20.4 Å². The van der Waals surface area contributed by atoms with Crippen molar-refractivity contribution in [1.82, 2.24) is 0 Å². The second kappa shape index (κ2) is 8.85. The predicted octanol–water partition coefficient (Wildman–Crippen LogP) is 5.18. The van der Waals surface area contributed by atoms with Crippen LogP contribution in [0.5, 0.6) is 0 Å². The van der Waals surface area contributed by atoms with E-state index in [1.165, 1.54) is 5.57 Å². The Bertz CT molecular complexity index is 793. The van der Waals surface area contributed by atoms with Gasteiger partial charge in [-0.1, -0.05) is 60.1 Å². The third-order valence-electron chi connectivity index (χ3n) is 12.4. The van der Waals surface area contributed by atoms with Crippen molar-refractivity contribution in [3.63, 3.8) is 0 Å². The van der Waals surface area contributed by atoms with E-state index >= 15 is 0 Å². The summed E-state index contributed by atoms with van der Waals surface area (Å²) in [4.78, 5) is 0. The first-order valence-corrected chi connectivity index (χ1v) is 14.2. The van der Waals surface area contributed by atoms with Gasteiger partial charge in [0.1, 0.15) is 5.60 Å². The Hall–Kier alpha value is -0.420. The smallest absolute Gasteiger partial charge is 0.102 e. The third-order valence-corrected chi connectivity index (χ3v) is 12.4. The molecular weight excluding hydrogens is 424 g/mol. The van der Waals surface area contributed by atoms with Crippen LogP contribution in [0.3, 0.4) is 0 Å². The van der Waals surface area contributed by atoms with Gasteiger partial charge in [-0.05, 0) is 91.8 Å². The second-order valence-electron chi connectivity index (χ2n) is 13.9. The van der Waals surface area contributed by atoms with Gasteiger partial charge < -0.3 is 20.4 Å². The van der Waals surface area contributed by atoms with Crippen LogP contribution in [0.15, 0.2) is 11.6 Å². The van der Waals surface area contributed by atoms with Crippen LogP contribution in [0.1, 0.15) is 93.9 Å². The highest BCUT2D eigenvalue weighted by atomic mass is 16.3. The van der Waals surface area contributed by atoms with E-state index < -0.39 is 29.3 Å². The molecule has 0 aromatic rings. The zero-order valence-corrected chi connectivity index (χ0v) is 23.0. The van der Waals surface area contributed by atoms with Gasteiger partial charge in [0.15, 0.2) is 0 Å². The van der Waals surface area contributed by atoms with Gasteiger partial charge in [-0.15, -0.1) is 0 Å². The summed E-state index contributed by atoms with van der Waals surface area (Å²) in [5.41, 5.74) is -0.637. The molecule has 4 aliphatic rings. The zero-order valence-electron chi connectivity index (χ0n) is 23.0. The summed E-state index contributed by atoms with van der Waals surface area (Å²) in [6.07, 6.45) is 5.19. The van der Waals surface area contributed by atoms with Gasteiger partial charge in [-0.2, -0.15) is 0 Å². The minimum absolute atomic E-state index is 0.00328. The molecule has 0 heterocycles. The van der Waals surface area contributed by atoms with Crippen LogP contribution in [0.4, 0.5) is 0 Å². The lowest BCUT2D eigenvalue weighted by atomic mass is 9.39. The molecule has 0 aliphatic heterocycles. The summed E-state index contributed by atoms with van der Waals surface area (Å²) in [5, 5.41) is 46.0. The molecule has 34 heavy (non-hydrogen) atoms. The molecule has 13 atom stereocenters. The monoisotopic (exact) mass is 476 g/mol. The molecular formula is C30H52O4. The van der Waals surface area contributed by atoms with Gasteiger partial charge in [0.25, 0.3) is 0 Å². The van der Waals surface area contributed by atoms with Crippen LogP contribution in [0.25, 0.3) is 0 Å². The average molecular weight is 477 g/mol. The van der Waals surface area contributed by atoms with Crippen LogP contribution >= 0.6 is 0 Å². The molecule has 4 aliphatic carbocycles. The van der Waals surface area contributed by atoms with E-state index in [0.717, 1.165) is 25.7 Å². The largest absolute Gasteiger partial charge is 0.393 e. The molecule has 0 bridgehead atoms. The Kier molecular flexibility index (Phi) is 6.94. The van der Waals surface area contributed by atoms with E-state index in [9.17, 15) is 20.4 Å². The summed E-state index contributed by atoms with van der Waals surface area (Å²) in [6.45, 7) is 18.0. The van der Waals surface area contributed by atoms with E-state index in [1.807, 2.05) is 6.92 Å². The number of aliphatic hydroxyl groups excluding tert-OH is 3. The minimum atomic E-state index is -1.30. The standard InChI is InChI=1S/C30H52O4/c1-16(2)19(5)17(3)13-18(4)21-9-11-23-24-12-10-22-20(6)25(31)14-26(32)29(22,8)30(24,34)27(33)15-28(21,23)7/h13,16,18-27,31-34H,9-12,14-15H2,1-8H3/b17-13+/t18-,19-,20+,21-,22?,23?,24?,25-,26+,27-,28-,29-,30+/m1/s1. The molecule has 0 spiro atoms. The quantitative estimate of drug-likeness (QED) is 0.421. The normalized spacial score (nSPS) is 53.1. The van der Waals surface area contributed by atoms with Crippen LogP contribution in [0.2, 0.25) is 0 Å². The minimum Gasteiger partial charge on any atom is -0.393 e. The molecule has 0 radical (unpaired) electrons. The van der Waals surface area contributed by atoms with Crippen LogP contribution in [0, 0.1) is 58.2 Å². The molecule has 0 aromatic carbocycles. The van der Waals surface area contributed by atoms with Crippen LogP contribution in [-0.2, 0) is 0 Å². The van der Waals surface area contributed by atoms with Crippen molar-refractivity contribution in [1.29, 1.82) is 0 Å². The van der Waals surface area contributed by atoms with E-state index in [4.69, 9.17) is 0 Å². The molecule has 0 amide bonds. The van der Waals surface area contributed by atoms with Gasteiger partial charge in [-0.3, -0.25) is 0 Å². The van der Waals surface area contributed by atoms with Crippen molar-refractivity contribution in [2.24, 2.45) is 58.2 Å². The maximum atomic E-state index is 12.5. The van der Waals surface area contributed by atoms with Crippen molar-refractivity contribution in [3.8, 4) is 0 Å². The molecule has 4 fully saturated rings. The molecule has 196 valence electrons.